The number of rotatable bonds is 9. The molecular weight excluding hydrogens is 301 g/mol. The number of halogens is 3. The van der Waals surface area contributed by atoms with Crippen LogP contribution >= 0.6 is 0 Å². The molecule has 1 rings (SSSR count). The van der Waals surface area contributed by atoms with Gasteiger partial charge in [0.05, 0.1) is 39.6 Å². The molecule has 1 fully saturated rings. The van der Waals surface area contributed by atoms with Crippen molar-refractivity contribution in [2.75, 3.05) is 46.2 Å². The summed E-state index contributed by atoms with van der Waals surface area (Å²) in [7, 11) is 0. The molecule has 4 N–H and O–H groups in total. The monoisotopic (exact) mass is 322 g/mol. The molecule has 0 aromatic rings. The average molecular weight is 322 g/mol. The Hall–Kier alpha value is -0.490. The molecule has 10 heteroatoms. The Balaban J connectivity index is 0.000000382. The van der Waals surface area contributed by atoms with Gasteiger partial charge in [-0.15, -0.1) is 0 Å². The molecule has 3 atom stereocenters. The van der Waals surface area contributed by atoms with Crippen LogP contribution in [-0.2, 0) is 14.2 Å². The van der Waals surface area contributed by atoms with E-state index in [4.69, 9.17) is 25.2 Å². The zero-order chi connectivity index (χ0) is 16.3. The molecule has 0 aliphatic carbocycles. The molecule has 0 radical (unpaired) electrons. The van der Waals surface area contributed by atoms with Crippen LogP contribution in [0, 0.1) is 0 Å². The molecular formula is C11H21F3O7. The van der Waals surface area contributed by atoms with Crippen LogP contribution in [0.1, 0.15) is 0 Å². The van der Waals surface area contributed by atoms with E-state index in [-0.39, 0.29) is 39.1 Å². The summed E-state index contributed by atoms with van der Waals surface area (Å²) in [4.78, 5) is 0. The minimum atomic E-state index is -4.21. The first kappa shape index (κ1) is 20.5. The smallest absolute Gasteiger partial charge is 0.394 e. The number of hydrogen-bond donors (Lipinski definition) is 4. The zero-order valence-electron chi connectivity index (χ0n) is 11.3. The second kappa shape index (κ2) is 11.1. The van der Waals surface area contributed by atoms with Crippen molar-refractivity contribution in [3.05, 3.63) is 0 Å². The Kier molecular flexibility index (Phi) is 10.9. The minimum Gasteiger partial charge on any atom is -0.394 e. The fraction of sp³-hybridized carbons (Fsp3) is 1.00. The van der Waals surface area contributed by atoms with Crippen LogP contribution in [0.2, 0.25) is 0 Å². The average Bonchev–Trinajstić information content (AvgIpc) is 3.21. The first-order valence-electron chi connectivity index (χ1n) is 6.20. The molecule has 21 heavy (non-hydrogen) atoms. The number of alkyl halides is 3. The molecule has 0 aromatic carbocycles. The summed E-state index contributed by atoms with van der Waals surface area (Å²) in [6.07, 6.45) is -6.14. The van der Waals surface area contributed by atoms with Crippen molar-refractivity contribution in [1.29, 1.82) is 0 Å². The molecule has 1 heterocycles. The van der Waals surface area contributed by atoms with Crippen molar-refractivity contribution in [2.45, 2.75) is 24.5 Å². The van der Waals surface area contributed by atoms with E-state index in [9.17, 15) is 13.2 Å². The summed E-state index contributed by atoms with van der Waals surface area (Å²) in [6.45, 7) is -1.39. The van der Waals surface area contributed by atoms with E-state index < -0.39 is 25.0 Å². The molecule has 128 valence electrons. The summed E-state index contributed by atoms with van der Waals surface area (Å²) in [6, 6.07) is 0. The topological polar surface area (TPSA) is 112 Å². The van der Waals surface area contributed by atoms with Gasteiger partial charge in [-0.2, -0.15) is 13.2 Å². The van der Waals surface area contributed by atoms with Crippen molar-refractivity contribution in [2.24, 2.45) is 0 Å². The molecule has 0 aromatic heterocycles. The predicted molar refractivity (Wildman–Crippen MR) is 63.6 cm³/mol. The molecule has 3 unspecified atom stereocenters. The molecule has 0 amide bonds. The number of epoxide rings is 1. The third-order valence-electron chi connectivity index (χ3n) is 2.01. The van der Waals surface area contributed by atoms with Crippen molar-refractivity contribution in [3.63, 3.8) is 0 Å². The summed E-state index contributed by atoms with van der Waals surface area (Å²) in [5.41, 5.74) is 0. The second-order valence-corrected chi connectivity index (χ2v) is 4.30. The van der Waals surface area contributed by atoms with Gasteiger partial charge in [0.25, 0.3) is 0 Å². The SMILES string of the molecule is FC(F)(F)COCC1CO1.OCC(O)COCC(O)CO. The lowest BCUT2D eigenvalue weighted by atomic mass is 10.4. The quantitative estimate of drug-likeness (QED) is 0.389. The minimum absolute atomic E-state index is 0.0342. The number of aliphatic hydroxyl groups excluding tert-OH is 4. The summed E-state index contributed by atoms with van der Waals surface area (Å²) >= 11 is 0. The first-order chi connectivity index (χ1) is 9.78. The Bertz CT molecular complexity index is 238. The molecule has 0 spiro atoms. The van der Waals surface area contributed by atoms with E-state index in [1.807, 2.05) is 0 Å². The Morgan fingerprint density at radius 2 is 1.52 bits per heavy atom. The summed E-state index contributed by atoms with van der Waals surface area (Å²) < 4.78 is 47.7. The maximum atomic E-state index is 11.4. The van der Waals surface area contributed by atoms with Gasteiger partial charge in [-0.3, -0.25) is 0 Å². The number of ether oxygens (including phenoxy) is 3. The predicted octanol–water partition coefficient (Wildman–Crippen LogP) is -1.33. The van der Waals surface area contributed by atoms with Crippen LogP contribution in [0.3, 0.4) is 0 Å². The maximum Gasteiger partial charge on any atom is 0.411 e. The molecule has 7 nitrogen and oxygen atoms in total. The molecule has 1 aliphatic heterocycles. The Morgan fingerprint density at radius 3 is 1.86 bits per heavy atom. The highest BCUT2D eigenvalue weighted by Gasteiger charge is 2.30. The third kappa shape index (κ3) is 15.7. The third-order valence-corrected chi connectivity index (χ3v) is 2.01. The largest absolute Gasteiger partial charge is 0.411 e. The van der Waals surface area contributed by atoms with Gasteiger partial charge in [-0.25, -0.2) is 0 Å². The van der Waals surface area contributed by atoms with Gasteiger partial charge in [0.1, 0.15) is 24.9 Å². The summed E-state index contributed by atoms with van der Waals surface area (Å²) in [5.74, 6) is 0. The van der Waals surface area contributed by atoms with Gasteiger partial charge in [0, 0.05) is 0 Å². The van der Waals surface area contributed by atoms with Crippen LogP contribution in [0.25, 0.3) is 0 Å². The fourth-order valence-corrected chi connectivity index (χ4v) is 0.916. The highest BCUT2D eigenvalue weighted by atomic mass is 19.4. The van der Waals surface area contributed by atoms with Crippen LogP contribution < -0.4 is 0 Å². The Labute approximate surface area is 119 Å². The van der Waals surface area contributed by atoms with E-state index in [0.29, 0.717) is 6.61 Å². The van der Waals surface area contributed by atoms with Gasteiger partial charge < -0.3 is 34.6 Å². The second-order valence-electron chi connectivity index (χ2n) is 4.30. The first-order valence-corrected chi connectivity index (χ1v) is 6.20. The number of aliphatic hydroxyl groups is 4. The van der Waals surface area contributed by atoms with Crippen molar-refractivity contribution in [3.8, 4) is 0 Å². The van der Waals surface area contributed by atoms with E-state index in [2.05, 4.69) is 9.47 Å². The standard InChI is InChI=1S/C6H14O5.C5H7F3O2/c7-1-5(9)3-11-4-6(10)2-8;6-5(7,8)3-9-1-4-2-10-4/h5-10H,1-4H2;4H,1-3H2. The molecule has 0 bridgehead atoms. The lowest BCUT2D eigenvalue weighted by molar-refractivity contribution is -0.174. The van der Waals surface area contributed by atoms with E-state index >= 15 is 0 Å². The van der Waals surface area contributed by atoms with E-state index in [1.165, 1.54) is 0 Å². The highest BCUT2D eigenvalue weighted by Crippen LogP contribution is 2.16. The lowest BCUT2D eigenvalue weighted by Crippen LogP contribution is -2.25. The van der Waals surface area contributed by atoms with Gasteiger partial charge >= 0.3 is 6.18 Å². The highest BCUT2D eigenvalue weighted by molar-refractivity contribution is 4.67. The molecule has 1 saturated heterocycles. The zero-order valence-corrected chi connectivity index (χ0v) is 11.3. The Morgan fingerprint density at radius 1 is 1.05 bits per heavy atom. The van der Waals surface area contributed by atoms with Gasteiger partial charge in [0.2, 0.25) is 0 Å². The molecule has 0 saturated carbocycles. The summed E-state index contributed by atoms with van der Waals surface area (Å²) in [5, 5.41) is 34.1. The van der Waals surface area contributed by atoms with Crippen LogP contribution in [0.15, 0.2) is 0 Å². The lowest BCUT2D eigenvalue weighted by Gasteiger charge is -2.10. The van der Waals surface area contributed by atoms with E-state index in [1.54, 1.807) is 0 Å². The van der Waals surface area contributed by atoms with Crippen LogP contribution in [0.4, 0.5) is 13.2 Å². The van der Waals surface area contributed by atoms with Gasteiger partial charge in [0.15, 0.2) is 0 Å². The normalized spacial score (nSPS) is 20.4. The number of hydrogen-bond acceptors (Lipinski definition) is 7. The van der Waals surface area contributed by atoms with Crippen molar-refractivity contribution < 1.29 is 47.8 Å². The maximum absolute atomic E-state index is 11.4. The van der Waals surface area contributed by atoms with Crippen molar-refractivity contribution >= 4 is 0 Å². The fourth-order valence-electron chi connectivity index (χ4n) is 0.916. The van der Waals surface area contributed by atoms with Crippen molar-refractivity contribution in [1.82, 2.24) is 0 Å². The van der Waals surface area contributed by atoms with E-state index in [0.717, 1.165) is 0 Å². The van der Waals surface area contributed by atoms with Crippen LogP contribution in [-0.4, -0.2) is 91.2 Å². The van der Waals surface area contributed by atoms with Gasteiger partial charge in [-0.05, 0) is 0 Å². The van der Waals surface area contributed by atoms with Crippen LogP contribution in [0.5, 0.6) is 0 Å². The van der Waals surface area contributed by atoms with Gasteiger partial charge in [-0.1, -0.05) is 0 Å². The molecule has 1 aliphatic rings.